The molecule has 8 aromatic carbocycles. The van der Waals surface area contributed by atoms with E-state index in [-0.39, 0.29) is 5.41 Å². The van der Waals surface area contributed by atoms with Gasteiger partial charge in [0.1, 0.15) is 0 Å². The molecule has 0 N–H and O–H groups in total. The molecule has 1 aliphatic rings. The molecule has 0 amide bonds. The summed E-state index contributed by atoms with van der Waals surface area (Å²) in [5.41, 5.74) is 12.9. The van der Waals surface area contributed by atoms with E-state index in [1.165, 1.54) is 75.1 Å². The van der Waals surface area contributed by atoms with Crippen LogP contribution < -0.4 is 0 Å². The van der Waals surface area contributed by atoms with Gasteiger partial charge in [-0.2, -0.15) is 0 Å². The summed E-state index contributed by atoms with van der Waals surface area (Å²) in [6.07, 6.45) is 0. The number of aromatic nitrogens is 2. The van der Waals surface area contributed by atoms with Gasteiger partial charge in [0, 0.05) is 42.3 Å². The van der Waals surface area contributed by atoms with Gasteiger partial charge in [0.05, 0.1) is 11.4 Å². The van der Waals surface area contributed by atoms with Gasteiger partial charge in [0.2, 0.25) is 0 Å². The minimum absolute atomic E-state index is 0.107. The number of fused-ring (bicyclic) bond motifs is 9. The maximum absolute atomic E-state index is 5.28. The lowest BCUT2D eigenvalue weighted by Crippen LogP contribution is -2.14. The molecule has 54 heavy (non-hydrogen) atoms. The maximum atomic E-state index is 5.28. The first-order valence-electron chi connectivity index (χ1n) is 18.6. The molecule has 10 aromatic rings. The van der Waals surface area contributed by atoms with Crippen LogP contribution in [0.2, 0.25) is 0 Å². The van der Waals surface area contributed by atoms with Crippen LogP contribution >= 0.6 is 11.3 Å². The van der Waals surface area contributed by atoms with Gasteiger partial charge in [-0.1, -0.05) is 166 Å². The third-order valence-electron chi connectivity index (χ3n) is 11.5. The molecule has 1 aliphatic carbocycles. The quantitative estimate of drug-likeness (QED) is 0.182. The normalized spacial score (nSPS) is 13.1. The third kappa shape index (κ3) is 4.65. The molecule has 0 fully saturated rings. The number of benzene rings is 8. The standard InChI is InChI=1S/C51H34N2S/c1-51(2)42-21-12-20-41(49(42)48-34-16-7-6-13-31(34)24-28-43(48)51)37-26-27-38(36-18-9-8-17-35(36)37)45-30-44(52-50(53-45)32-14-4-3-5-15-32)33-23-25-40-39-19-10-11-22-46(39)54-47(40)29-33/h3-30H,1-2H3. The van der Waals surface area contributed by atoms with Crippen LogP contribution in [0.5, 0.6) is 0 Å². The zero-order valence-electron chi connectivity index (χ0n) is 30.0. The molecule has 2 nitrogen and oxygen atoms in total. The van der Waals surface area contributed by atoms with Crippen LogP contribution in [-0.2, 0) is 5.41 Å². The molecular weight excluding hydrogens is 673 g/mol. The van der Waals surface area contributed by atoms with Crippen LogP contribution in [0.25, 0.3) is 97.9 Å². The Bertz CT molecular complexity index is 3130. The average Bonchev–Trinajstić information content (AvgIpc) is 3.72. The topological polar surface area (TPSA) is 25.8 Å². The summed E-state index contributed by atoms with van der Waals surface area (Å²) in [5.74, 6) is 0.722. The van der Waals surface area contributed by atoms with E-state index in [2.05, 4.69) is 178 Å². The van der Waals surface area contributed by atoms with Crippen molar-refractivity contribution in [3.05, 3.63) is 181 Å². The summed E-state index contributed by atoms with van der Waals surface area (Å²) in [5, 5.41) is 7.55. The van der Waals surface area contributed by atoms with Crippen molar-refractivity contribution in [1.29, 1.82) is 0 Å². The first-order valence-corrected chi connectivity index (χ1v) is 19.4. The third-order valence-corrected chi connectivity index (χ3v) is 12.6. The highest BCUT2D eigenvalue weighted by molar-refractivity contribution is 7.25. The fourth-order valence-corrected chi connectivity index (χ4v) is 10.0. The zero-order chi connectivity index (χ0) is 36.0. The van der Waals surface area contributed by atoms with Crippen LogP contribution in [0.4, 0.5) is 0 Å². The Morgan fingerprint density at radius 1 is 0.407 bits per heavy atom. The second kappa shape index (κ2) is 11.8. The molecule has 2 heterocycles. The largest absolute Gasteiger partial charge is 0.228 e. The van der Waals surface area contributed by atoms with Crippen LogP contribution in [0.1, 0.15) is 25.0 Å². The smallest absolute Gasteiger partial charge is 0.160 e. The van der Waals surface area contributed by atoms with Gasteiger partial charge in [-0.05, 0) is 73.1 Å². The molecule has 3 heteroatoms. The number of rotatable bonds is 4. The summed E-state index contributed by atoms with van der Waals surface area (Å²) < 4.78 is 2.56. The van der Waals surface area contributed by atoms with Gasteiger partial charge in [-0.3, -0.25) is 0 Å². The Morgan fingerprint density at radius 3 is 1.93 bits per heavy atom. The summed E-state index contributed by atoms with van der Waals surface area (Å²) in [4.78, 5) is 10.5. The Hall–Kier alpha value is -6.42. The molecule has 254 valence electrons. The van der Waals surface area contributed by atoms with Crippen LogP contribution in [0, 0.1) is 0 Å². The zero-order valence-corrected chi connectivity index (χ0v) is 30.8. The van der Waals surface area contributed by atoms with Crippen molar-refractivity contribution in [1.82, 2.24) is 9.97 Å². The van der Waals surface area contributed by atoms with Gasteiger partial charge < -0.3 is 0 Å². The SMILES string of the molecule is CC1(C)c2cccc(-c3ccc(-c4cc(-c5ccc6c(c5)sc5ccccc56)nc(-c5ccccc5)n4)c4ccccc34)c2-c2c1ccc1ccccc21. The lowest BCUT2D eigenvalue weighted by atomic mass is 9.81. The Balaban J connectivity index is 1.12. The molecule has 0 aliphatic heterocycles. The van der Waals surface area contributed by atoms with E-state index < -0.39 is 0 Å². The first kappa shape index (κ1) is 31.1. The minimum atomic E-state index is -0.107. The molecule has 2 aromatic heterocycles. The second-order valence-corrected chi connectivity index (χ2v) is 16.0. The first-order chi connectivity index (χ1) is 26.5. The number of thiophene rings is 1. The van der Waals surface area contributed by atoms with Crippen LogP contribution in [0.3, 0.4) is 0 Å². The van der Waals surface area contributed by atoms with Crippen molar-refractivity contribution >= 4 is 53.1 Å². The second-order valence-electron chi connectivity index (χ2n) is 14.9. The highest BCUT2D eigenvalue weighted by Gasteiger charge is 2.38. The van der Waals surface area contributed by atoms with Crippen molar-refractivity contribution in [2.24, 2.45) is 0 Å². The van der Waals surface area contributed by atoms with Gasteiger partial charge in [-0.25, -0.2) is 9.97 Å². The van der Waals surface area contributed by atoms with Gasteiger partial charge >= 0.3 is 0 Å². The summed E-state index contributed by atoms with van der Waals surface area (Å²) in [6.45, 7) is 4.74. The van der Waals surface area contributed by atoms with Gasteiger partial charge in [0.25, 0.3) is 0 Å². The van der Waals surface area contributed by atoms with Crippen molar-refractivity contribution < 1.29 is 0 Å². The molecule has 11 rings (SSSR count). The molecule has 0 atom stereocenters. The molecule has 0 spiro atoms. The van der Waals surface area contributed by atoms with E-state index in [9.17, 15) is 0 Å². The fourth-order valence-electron chi connectivity index (χ4n) is 8.87. The highest BCUT2D eigenvalue weighted by atomic mass is 32.1. The fraction of sp³-hybridized carbons (Fsp3) is 0.0588. The number of nitrogens with zero attached hydrogens (tertiary/aromatic N) is 2. The predicted octanol–water partition coefficient (Wildman–Crippen LogP) is 14.1. The van der Waals surface area contributed by atoms with Crippen molar-refractivity contribution in [2.75, 3.05) is 0 Å². The maximum Gasteiger partial charge on any atom is 0.160 e. The Labute approximate surface area is 318 Å². The highest BCUT2D eigenvalue weighted by Crippen LogP contribution is 2.55. The molecule has 0 radical (unpaired) electrons. The monoisotopic (exact) mass is 706 g/mol. The van der Waals surface area contributed by atoms with Crippen molar-refractivity contribution in [2.45, 2.75) is 19.3 Å². The molecular formula is C51H34N2S. The molecule has 0 saturated carbocycles. The lowest BCUT2D eigenvalue weighted by molar-refractivity contribution is 0.661. The molecule has 0 unspecified atom stereocenters. The van der Waals surface area contributed by atoms with Crippen molar-refractivity contribution in [3.63, 3.8) is 0 Å². The van der Waals surface area contributed by atoms with Crippen molar-refractivity contribution in [3.8, 4) is 56.2 Å². The van der Waals surface area contributed by atoms with E-state index in [4.69, 9.17) is 9.97 Å². The molecule has 0 saturated heterocycles. The summed E-state index contributed by atoms with van der Waals surface area (Å²) in [6, 6.07) is 61.7. The van der Waals surface area contributed by atoms with Crippen LogP contribution in [0.15, 0.2) is 170 Å². The Kier molecular flexibility index (Phi) is 6.80. The van der Waals surface area contributed by atoms with E-state index in [1.807, 2.05) is 17.4 Å². The summed E-state index contributed by atoms with van der Waals surface area (Å²) >= 11 is 1.83. The van der Waals surface area contributed by atoms with E-state index in [1.54, 1.807) is 0 Å². The van der Waals surface area contributed by atoms with Gasteiger partial charge in [-0.15, -0.1) is 11.3 Å². The predicted molar refractivity (Wildman–Crippen MR) is 229 cm³/mol. The van der Waals surface area contributed by atoms with E-state index >= 15 is 0 Å². The van der Waals surface area contributed by atoms with E-state index in [0.29, 0.717) is 0 Å². The Morgan fingerprint density at radius 2 is 1.07 bits per heavy atom. The minimum Gasteiger partial charge on any atom is -0.228 e. The van der Waals surface area contributed by atoms with Crippen LogP contribution in [-0.4, -0.2) is 9.97 Å². The van der Waals surface area contributed by atoms with Gasteiger partial charge in [0.15, 0.2) is 5.82 Å². The van der Waals surface area contributed by atoms with E-state index in [0.717, 1.165) is 33.9 Å². The number of hydrogen-bond acceptors (Lipinski definition) is 3. The molecule has 0 bridgehead atoms. The number of hydrogen-bond donors (Lipinski definition) is 0. The summed E-state index contributed by atoms with van der Waals surface area (Å²) in [7, 11) is 0. The average molecular weight is 707 g/mol. The lowest BCUT2D eigenvalue weighted by Gasteiger charge is -2.22.